The van der Waals surface area contributed by atoms with Crippen LogP contribution in [0.15, 0.2) is 12.2 Å². The number of hydrogen-bond donors (Lipinski definition) is 0. The van der Waals surface area contributed by atoms with E-state index < -0.39 is 0 Å². The zero-order valence-electron chi connectivity index (χ0n) is 7.14. The molecule has 0 radical (unpaired) electrons. The molecule has 0 aromatic carbocycles. The maximum absolute atomic E-state index is 2.41. The second-order valence-electron chi connectivity index (χ2n) is 3.51. The van der Waals surface area contributed by atoms with Crippen LogP contribution in [0.25, 0.3) is 0 Å². The molecule has 1 fully saturated rings. The topological polar surface area (TPSA) is 0 Å². The lowest BCUT2D eigenvalue weighted by Gasteiger charge is -2.00. The molecule has 0 bridgehead atoms. The first kappa shape index (κ1) is 7.84. The van der Waals surface area contributed by atoms with Gasteiger partial charge in [-0.25, -0.2) is 0 Å². The molecule has 0 heteroatoms. The number of allylic oxidation sites excluding steroid dienone is 2. The predicted molar refractivity (Wildman–Crippen MR) is 45.9 cm³/mol. The van der Waals surface area contributed by atoms with Crippen LogP contribution < -0.4 is 0 Å². The second kappa shape index (κ2) is 3.80. The van der Waals surface area contributed by atoms with Crippen molar-refractivity contribution in [3.05, 3.63) is 12.2 Å². The maximum atomic E-state index is 2.41. The van der Waals surface area contributed by atoms with Gasteiger partial charge in [0.2, 0.25) is 0 Å². The molecule has 0 heterocycles. The van der Waals surface area contributed by atoms with Crippen molar-refractivity contribution in [1.82, 2.24) is 0 Å². The van der Waals surface area contributed by atoms with Crippen molar-refractivity contribution in [2.75, 3.05) is 0 Å². The minimum Gasteiger partial charge on any atom is -0.0885 e. The Morgan fingerprint density at radius 2 is 2.20 bits per heavy atom. The van der Waals surface area contributed by atoms with E-state index in [1.807, 2.05) is 0 Å². The van der Waals surface area contributed by atoms with E-state index in [1.165, 1.54) is 25.7 Å². The molecule has 0 saturated heterocycles. The average Bonchev–Trinajstić information content (AvgIpc) is 2.31. The summed E-state index contributed by atoms with van der Waals surface area (Å²) >= 11 is 0. The highest BCUT2D eigenvalue weighted by molar-refractivity contribution is 4.91. The highest BCUT2D eigenvalue weighted by Crippen LogP contribution is 2.30. The Morgan fingerprint density at radius 3 is 2.70 bits per heavy atom. The largest absolute Gasteiger partial charge is 0.0885 e. The first-order valence-corrected chi connectivity index (χ1v) is 4.49. The van der Waals surface area contributed by atoms with Gasteiger partial charge in [-0.2, -0.15) is 0 Å². The van der Waals surface area contributed by atoms with Crippen LogP contribution in [0.2, 0.25) is 0 Å². The molecule has 1 aliphatic rings. The van der Waals surface area contributed by atoms with E-state index >= 15 is 0 Å². The summed E-state index contributed by atoms with van der Waals surface area (Å²) in [5.74, 6) is 1.89. The fourth-order valence-corrected chi connectivity index (χ4v) is 1.75. The van der Waals surface area contributed by atoms with Crippen molar-refractivity contribution in [2.24, 2.45) is 11.8 Å². The second-order valence-corrected chi connectivity index (χ2v) is 3.51. The molecule has 58 valence electrons. The molecule has 0 aromatic heterocycles. The minimum atomic E-state index is 0.912. The Kier molecular flexibility index (Phi) is 2.98. The van der Waals surface area contributed by atoms with E-state index in [-0.39, 0.29) is 0 Å². The van der Waals surface area contributed by atoms with Crippen LogP contribution in [-0.2, 0) is 0 Å². The van der Waals surface area contributed by atoms with Crippen LogP contribution in [0.5, 0.6) is 0 Å². The third kappa shape index (κ3) is 2.17. The first-order valence-electron chi connectivity index (χ1n) is 4.49. The van der Waals surface area contributed by atoms with Gasteiger partial charge in [0.05, 0.1) is 0 Å². The standard InChI is InChI=1S/C10H18/c1-3-4-5-10-7-6-9(2)8-10/h4-5,9-10H,3,6-8H2,1-2H3/b5-4+. The molecular formula is C10H18. The quantitative estimate of drug-likeness (QED) is 0.513. The molecule has 0 aromatic rings. The number of rotatable bonds is 2. The van der Waals surface area contributed by atoms with E-state index in [0.717, 1.165) is 11.8 Å². The van der Waals surface area contributed by atoms with Crippen LogP contribution in [-0.4, -0.2) is 0 Å². The van der Waals surface area contributed by atoms with Gasteiger partial charge in [-0.1, -0.05) is 32.4 Å². The van der Waals surface area contributed by atoms with Gasteiger partial charge in [-0.3, -0.25) is 0 Å². The molecular weight excluding hydrogens is 120 g/mol. The van der Waals surface area contributed by atoms with Crippen molar-refractivity contribution in [2.45, 2.75) is 39.5 Å². The van der Waals surface area contributed by atoms with Crippen LogP contribution >= 0.6 is 0 Å². The van der Waals surface area contributed by atoms with Crippen molar-refractivity contribution < 1.29 is 0 Å². The van der Waals surface area contributed by atoms with E-state index in [4.69, 9.17) is 0 Å². The van der Waals surface area contributed by atoms with Gasteiger partial charge >= 0.3 is 0 Å². The van der Waals surface area contributed by atoms with E-state index in [9.17, 15) is 0 Å². The molecule has 1 saturated carbocycles. The maximum Gasteiger partial charge on any atom is -0.0231 e. The summed E-state index contributed by atoms with van der Waals surface area (Å²) < 4.78 is 0. The van der Waals surface area contributed by atoms with Crippen molar-refractivity contribution >= 4 is 0 Å². The fourth-order valence-electron chi connectivity index (χ4n) is 1.75. The molecule has 0 aliphatic heterocycles. The Morgan fingerprint density at radius 1 is 1.40 bits per heavy atom. The highest BCUT2D eigenvalue weighted by Gasteiger charge is 2.17. The normalized spacial score (nSPS) is 33.8. The van der Waals surface area contributed by atoms with Crippen molar-refractivity contribution in [3.63, 3.8) is 0 Å². The van der Waals surface area contributed by atoms with Crippen LogP contribution in [0.3, 0.4) is 0 Å². The van der Waals surface area contributed by atoms with Gasteiger partial charge in [0.15, 0.2) is 0 Å². The molecule has 0 nitrogen and oxygen atoms in total. The summed E-state index contributed by atoms with van der Waals surface area (Å²) in [5.41, 5.74) is 0. The van der Waals surface area contributed by atoms with E-state index in [2.05, 4.69) is 26.0 Å². The minimum absolute atomic E-state index is 0.912. The van der Waals surface area contributed by atoms with Gasteiger partial charge in [0.1, 0.15) is 0 Å². The lowest BCUT2D eigenvalue weighted by molar-refractivity contribution is 0.585. The third-order valence-electron chi connectivity index (χ3n) is 2.38. The van der Waals surface area contributed by atoms with Gasteiger partial charge in [-0.15, -0.1) is 0 Å². The molecule has 1 rings (SSSR count). The molecule has 0 N–H and O–H groups in total. The van der Waals surface area contributed by atoms with Gasteiger partial charge in [0.25, 0.3) is 0 Å². The molecule has 2 unspecified atom stereocenters. The Balaban J connectivity index is 2.24. The van der Waals surface area contributed by atoms with Gasteiger partial charge in [-0.05, 0) is 31.1 Å². The first-order chi connectivity index (χ1) is 4.83. The van der Waals surface area contributed by atoms with Crippen LogP contribution in [0.1, 0.15) is 39.5 Å². The lowest BCUT2D eigenvalue weighted by Crippen LogP contribution is -1.88. The van der Waals surface area contributed by atoms with E-state index in [0.29, 0.717) is 0 Å². The molecule has 10 heavy (non-hydrogen) atoms. The molecule has 0 amide bonds. The Bertz CT molecular complexity index is 113. The zero-order chi connectivity index (χ0) is 7.40. The van der Waals surface area contributed by atoms with Gasteiger partial charge < -0.3 is 0 Å². The summed E-state index contributed by atoms with van der Waals surface area (Å²) in [5, 5.41) is 0. The highest BCUT2D eigenvalue weighted by atomic mass is 14.2. The van der Waals surface area contributed by atoms with E-state index in [1.54, 1.807) is 0 Å². The number of hydrogen-bond acceptors (Lipinski definition) is 0. The lowest BCUT2D eigenvalue weighted by atomic mass is 10.1. The predicted octanol–water partition coefficient (Wildman–Crippen LogP) is 3.39. The van der Waals surface area contributed by atoms with Gasteiger partial charge in [0, 0.05) is 0 Å². The zero-order valence-corrected chi connectivity index (χ0v) is 7.14. The van der Waals surface area contributed by atoms with Crippen LogP contribution in [0.4, 0.5) is 0 Å². The Labute approximate surface area is 64.3 Å². The van der Waals surface area contributed by atoms with Crippen molar-refractivity contribution in [1.29, 1.82) is 0 Å². The monoisotopic (exact) mass is 138 g/mol. The smallest absolute Gasteiger partial charge is 0.0231 e. The molecule has 2 atom stereocenters. The molecule has 1 aliphatic carbocycles. The van der Waals surface area contributed by atoms with Crippen LogP contribution in [0, 0.1) is 11.8 Å². The fraction of sp³-hybridized carbons (Fsp3) is 0.800. The Hall–Kier alpha value is -0.260. The summed E-state index contributed by atoms with van der Waals surface area (Å²) in [4.78, 5) is 0. The summed E-state index contributed by atoms with van der Waals surface area (Å²) in [6, 6.07) is 0. The summed E-state index contributed by atoms with van der Waals surface area (Å²) in [7, 11) is 0. The van der Waals surface area contributed by atoms with Crippen molar-refractivity contribution in [3.8, 4) is 0 Å². The summed E-state index contributed by atoms with van der Waals surface area (Å²) in [6.07, 6.45) is 10.2. The molecule has 0 spiro atoms. The SMILES string of the molecule is CC/C=C/C1CCC(C)C1. The summed E-state index contributed by atoms with van der Waals surface area (Å²) in [6.45, 7) is 4.56. The average molecular weight is 138 g/mol. The third-order valence-corrected chi connectivity index (χ3v) is 2.38.